The van der Waals surface area contributed by atoms with Crippen molar-refractivity contribution < 1.29 is 28.0 Å². The van der Waals surface area contributed by atoms with Crippen molar-refractivity contribution in [2.45, 2.75) is 36.5 Å². The minimum atomic E-state index is -3.60. The van der Waals surface area contributed by atoms with Gasteiger partial charge in [0.2, 0.25) is 11.8 Å². The topological polar surface area (TPSA) is 148 Å². The van der Waals surface area contributed by atoms with Gasteiger partial charge in [-0.05, 0) is 42.7 Å². The highest BCUT2D eigenvalue weighted by Gasteiger charge is 2.49. The van der Waals surface area contributed by atoms with Crippen LogP contribution in [0.5, 0.6) is 0 Å². The number of thiophene rings is 1. The number of nitrogens with two attached hydrogens (primary N) is 1. The Bertz CT molecular complexity index is 1080. The predicted octanol–water partition coefficient (Wildman–Crippen LogP) is 2.02. The molecule has 1 fully saturated rings. The summed E-state index contributed by atoms with van der Waals surface area (Å²) in [7, 11) is -2.13. The summed E-state index contributed by atoms with van der Waals surface area (Å²) in [5, 5.41) is 11.8. The zero-order valence-corrected chi connectivity index (χ0v) is 19.3. The molecule has 32 heavy (non-hydrogen) atoms. The molecule has 1 aliphatic heterocycles. The molecule has 0 saturated carbocycles. The van der Waals surface area contributed by atoms with Crippen LogP contribution in [0.3, 0.4) is 0 Å². The molecule has 1 aromatic heterocycles. The highest BCUT2D eigenvalue weighted by atomic mass is 32.2. The Morgan fingerprint density at radius 1 is 1.28 bits per heavy atom. The fourth-order valence-corrected chi connectivity index (χ4v) is 7.67. The molecule has 5 N–H and O–H groups in total. The van der Waals surface area contributed by atoms with Crippen molar-refractivity contribution in [2.75, 3.05) is 24.8 Å². The smallest absolute Gasteiger partial charge is 0.245 e. The molecule has 1 aromatic carbocycles. The Hall–Kier alpha value is -2.31. The fourth-order valence-electron chi connectivity index (χ4n) is 3.89. The number of rotatable bonds is 8. The third kappa shape index (κ3) is 5.02. The van der Waals surface area contributed by atoms with Gasteiger partial charge in [0.05, 0.1) is 18.8 Å². The quantitative estimate of drug-likeness (QED) is 0.333. The Morgan fingerprint density at radius 2 is 2.06 bits per heavy atom. The number of benzene rings is 1. The van der Waals surface area contributed by atoms with Crippen molar-refractivity contribution in [1.82, 2.24) is 5.48 Å². The van der Waals surface area contributed by atoms with Crippen LogP contribution in [0, 0.1) is 0 Å². The van der Waals surface area contributed by atoms with Crippen LogP contribution in [-0.4, -0.2) is 51.0 Å². The first-order valence-electron chi connectivity index (χ1n) is 10.1. The molecule has 11 heteroatoms. The number of amides is 2. The van der Waals surface area contributed by atoms with E-state index in [2.05, 4.69) is 5.32 Å². The van der Waals surface area contributed by atoms with E-state index in [1.54, 1.807) is 35.8 Å². The van der Waals surface area contributed by atoms with E-state index >= 15 is 0 Å². The molecule has 1 aliphatic rings. The second-order valence-electron chi connectivity index (χ2n) is 7.78. The molecule has 0 radical (unpaired) electrons. The molecule has 2 atom stereocenters. The highest BCUT2D eigenvalue weighted by Crippen LogP contribution is 2.47. The number of methoxy groups -OCH3 is 1. The lowest BCUT2D eigenvalue weighted by Gasteiger charge is -2.35. The van der Waals surface area contributed by atoms with Gasteiger partial charge in [-0.25, -0.2) is 13.9 Å². The Morgan fingerprint density at radius 3 is 2.75 bits per heavy atom. The number of ether oxygens (including phenoxy) is 1. The molecule has 2 amide bonds. The first-order valence-corrected chi connectivity index (χ1v) is 12.6. The second kappa shape index (κ2) is 10.1. The van der Waals surface area contributed by atoms with Crippen molar-refractivity contribution in [1.29, 1.82) is 0 Å². The summed E-state index contributed by atoms with van der Waals surface area (Å²) in [5.74, 6) is -1.11. The summed E-state index contributed by atoms with van der Waals surface area (Å²) in [6, 6.07) is 9.87. The molecular formula is C21H27N3O6S2. The van der Waals surface area contributed by atoms with Crippen molar-refractivity contribution in [3.8, 4) is 10.4 Å². The summed E-state index contributed by atoms with van der Waals surface area (Å²) in [6.45, 7) is 0.0950. The molecule has 0 bridgehead atoms. The SMILES string of the molecule is COC[C@H](N)C(=O)Nc1cccc(-c2ccc([C@@]3(CC(=O)NO)CCCCS3(=O)=O)s2)c1. The average Bonchev–Trinajstić information content (AvgIpc) is 3.26. The number of hydrogen-bond donors (Lipinski definition) is 4. The standard InChI is InChI=1S/C21H27N3O6S2/c1-30-13-16(22)20(26)23-15-6-4-5-14(11-15)17-7-8-18(31-17)21(12-19(25)24-27)9-2-3-10-32(21,28)29/h4-8,11,16,27H,2-3,9-10,12-13,22H2,1H3,(H,23,26)(H,24,25)/t16-,21-/m0/s1. The Labute approximate surface area is 190 Å². The highest BCUT2D eigenvalue weighted by molar-refractivity contribution is 7.92. The minimum absolute atomic E-state index is 0.00217. The van der Waals surface area contributed by atoms with Gasteiger partial charge in [-0.1, -0.05) is 18.6 Å². The summed E-state index contributed by atoms with van der Waals surface area (Å²) in [4.78, 5) is 25.5. The van der Waals surface area contributed by atoms with Gasteiger partial charge < -0.3 is 15.8 Å². The van der Waals surface area contributed by atoms with Crippen LogP contribution in [0.25, 0.3) is 10.4 Å². The van der Waals surface area contributed by atoms with E-state index in [4.69, 9.17) is 15.7 Å². The minimum Gasteiger partial charge on any atom is -0.383 e. The lowest BCUT2D eigenvalue weighted by atomic mass is 9.94. The van der Waals surface area contributed by atoms with E-state index in [-0.39, 0.29) is 24.7 Å². The molecule has 0 spiro atoms. The summed E-state index contributed by atoms with van der Waals surface area (Å²) in [5.41, 5.74) is 8.66. The van der Waals surface area contributed by atoms with Crippen molar-refractivity contribution in [3.05, 3.63) is 41.3 Å². The van der Waals surface area contributed by atoms with Crippen molar-refractivity contribution in [3.63, 3.8) is 0 Å². The van der Waals surface area contributed by atoms with Gasteiger partial charge >= 0.3 is 0 Å². The van der Waals surface area contributed by atoms with E-state index < -0.39 is 26.5 Å². The van der Waals surface area contributed by atoms with Crippen molar-refractivity contribution >= 4 is 38.7 Å². The lowest BCUT2D eigenvalue weighted by Crippen LogP contribution is -2.43. The van der Waals surface area contributed by atoms with Crippen LogP contribution >= 0.6 is 11.3 Å². The van der Waals surface area contributed by atoms with Crippen LogP contribution in [0.1, 0.15) is 30.6 Å². The van der Waals surface area contributed by atoms with Crippen molar-refractivity contribution in [2.24, 2.45) is 5.73 Å². The summed E-state index contributed by atoms with van der Waals surface area (Å²) >= 11 is 1.29. The van der Waals surface area contributed by atoms with Gasteiger partial charge in [-0.3, -0.25) is 14.8 Å². The molecule has 2 aromatic rings. The number of hydrogen-bond acceptors (Lipinski definition) is 8. The molecule has 9 nitrogen and oxygen atoms in total. The van der Waals surface area contributed by atoms with Gasteiger partial charge in [-0.15, -0.1) is 11.3 Å². The van der Waals surface area contributed by atoms with Crippen LogP contribution in [0.4, 0.5) is 5.69 Å². The molecule has 1 saturated heterocycles. The predicted molar refractivity (Wildman–Crippen MR) is 122 cm³/mol. The zero-order chi connectivity index (χ0) is 23.4. The van der Waals surface area contributed by atoms with E-state index in [9.17, 15) is 18.0 Å². The Balaban J connectivity index is 1.91. The molecule has 2 heterocycles. The van der Waals surface area contributed by atoms with E-state index in [0.29, 0.717) is 29.8 Å². The first kappa shape index (κ1) is 24.3. The zero-order valence-electron chi connectivity index (χ0n) is 17.7. The number of hydroxylamine groups is 1. The fraction of sp³-hybridized carbons (Fsp3) is 0.429. The Kier molecular flexibility index (Phi) is 7.67. The third-order valence-electron chi connectivity index (χ3n) is 5.56. The van der Waals surface area contributed by atoms with E-state index in [0.717, 1.165) is 10.4 Å². The second-order valence-corrected chi connectivity index (χ2v) is 11.3. The van der Waals surface area contributed by atoms with Gasteiger partial charge in [0, 0.05) is 22.6 Å². The van der Waals surface area contributed by atoms with Crippen LogP contribution < -0.4 is 16.5 Å². The summed E-state index contributed by atoms with van der Waals surface area (Å²) < 4.78 is 29.7. The molecule has 174 valence electrons. The molecule has 3 rings (SSSR count). The van der Waals surface area contributed by atoms with Crippen LogP contribution in [0.2, 0.25) is 0 Å². The van der Waals surface area contributed by atoms with Gasteiger partial charge in [0.1, 0.15) is 10.8 Å². The maximum atomic E-state index is 13.1. The number of anilines is 1. The normalized spacial score (nSPS) is 21.0. The average molecular weight is 482 g/mol. The summed E-state index contributed by atoms with van der Waals surface area (Å²) in [6.07, 6.45) is 1.21. The number of carbonyl (C=O) groups excluding carboxylic acids is 2. The lowest BCUT2D eigenvalue weighted by molar-refractivity contribution is -0.130. The monoisotopic (exact) mass is 481 g/mol. The van der Waals surface area contributed by atoms with Crippen LogP contribution in [0.15, 0.2) is 36.4 Å². The van der Waals surface area contributed by atoms with Gasteiger partial charge in [-0.2, -0.15) is 0 Å². The maximum Gasteiger partial charge on any atom is 0.245 e. The van der Waals surface area contributed by atoms with E-state index in [1.807, 2.05) is 6.07 Å². The maximum absolute atomic E-state index is 13.1. The van der Waals surface area contributed by atoms with Gasteiger partial charge in [0.25, 0.3) is 0 Å². The first-order chi connectivity index (χ1) is 15.2. The third-order valence-corrected chi connectivity index (χ3v) is 9.62. The largest absolute Gasteiger partial charge is 0.383 e. The molecule has 0 aliphatic carbocycles. The molecule has 0 unspecified atom stereocenters. The van der Waals surface area contributed by atoms with Gasteiger partial charge in [0.15, 0.2) is 9.84 Å². The molecular weight excluding hydrogens is 454 g/mol. The number of nitrogens with one attached hydrogen (secondary N) is 2. The van der Waals surface area contributed by atoms with Crippen LogP contribution in [-0.2, 0) is 28.9 Å². The number of carbonyl (C=O) groups is 2. The van der Waals surface area contributed by atoms with E-state index in [1.165, 1.54) is 18.4 Å². The number of sulfone groups is 1.